The van der Waals surface area contributed by atoms with Crippen LogP contribution in [0.4, 0.5) is 13.2 Å². The molecule has 2 heterocycles. The van der Waals surface area contributed by atoms with Crippen LogP contribution in [0, 0.1) is 0 Å². The van der Waals surface area contributed by atoms with Crippen LogP contribution < -0.4 is 0 Å². The van der Waals surface area contributed by atoms with Crippen LogP contribution in [-0.4, -0.2) is 24.4 Å². The summed E-state index contributed by atoms with van der Waals surface area (Å²) in [6.07, 6.45) is -1.35. The standard InChI is InChI=1S/C16H15F3N4O/c1-22-14(16(17,18)19)12(9-21-22)10-23-8-7-20-15(23)13(24)11-5-3-2-4-6-11/h2-9,13,24H,10H2,1H3/t13-/m1/s1. The van der Waals surface area contributed by atoms with E-state index in [4.69, 9.17) is 0 Å². The van der Waals surface area contributed by atoms with Crippen LogP contribution in [0.15, 0.2) is 48.9 Å². The minimum absolute atomic E-state index is 0.0181. The van der Waals surface area contributed by atoms with Gasteiger partial charge in [0.15, 0.2) is 0 Å². The molecule has 8 heteroatoms. The molecule has 24 heavy (non-hydrogen) atoms. The monoisotopic (exact) mass is 336 g/mol. The van der Waals surface area contributed by atoms with Gasteiger partial charge >= 0.3 is 6.18 Å². The van der Waals surface area contributed by atoms with Crippen LogP contribution in [-0.2, 0) is 19.8 Å². The van der Waals surface area contributed by atoms with Crippen molar-refractivity contribution in [1.29, 1.82) is 0 Å². The summed E-state index contributed by atoms with van der Waals surface area (Å²) in [7, 11) is 1.25. The second-order valence-electron chi connectivity index (χ2n) is 5.37. The Bertz CT molecular complexity index is 823. The lowest BCUT2D eigenvalue weighted by Gasteiger charge is -2.15. The molecule has 3 aromatic rings. The molecule has 0 fully saturated rings. The molecule has 2 aromatic heterocycles. The molecule has 0 saturated heterocycles. The number of hydrogen-bond donors (Lipinski definition) is 1. The summed E-state index contributed by atoms with van der Waals surface area (Å²) in [4.78, 5) is 4.09. The number of rotatable bonds is 4. The summed E-state index contributed by atoms with van der Waals surface area (Å²) in [5.41, 5.74) is -0.173. The van der Waals surface area contributed by atoms with Gasteiger partial charge in [0.05, 0.1) is 12.7 Å². The van der Waals surface area contributed by atoms with Gasteiger partial charge in [0.1, 0.15) is 17.6 Å². The van der Waals surface area contributed by atoms with Crippen LogP contribution in [0.3, 0.4) is 0 Å². The number of hydrogen-bond acceptors (Lipinski definition) is 3. The van der Waals surface area contributed by atoms with E-state index >= 15 is 0 Å². The second-order valence-corrected chi connectivity index (χ2v) is 5.37. The molecule has 1 atom stereocenters. The largest absolute Gasteiger partial charge is 0.433 e. The van der Waals surface area contributed by atoms with Crippen molar-refractivity contribution >= 4 is 0 Å². The molecule has 0 radical (unpaired) electrons. The van der Waals surface area contributed by atoms with Crippen molar-refractivity contribution in [2.24, 2.45) is 7.05 Å². The van der Waals surface area contributed by atoms with Gasteiger partial charge in [0.25, 0.3) is 0 Å². The quantitative estimate of drug-likeness (QED) is 0.797. The Kier molecular flexibility index (Phi) is 4.15. The molecule has 0 aliphatic carbocycles. The van der Waals surface area contributed by atoms with Gasteiger partial charge in [-0.1, -0.05) is 30.3 Å². The summed E-state index contributed by atoms with van der Waals surface area (Å²) < 4.78 is 41.8. The van der Waals surface area contributed by atoms with Crippen molar-refractivity contribution in [2.45, 2.75) is 18.8 Å². The number of nitrogens with zero attached hydrogens (tertiary/aromatic N) is 4. The molecular weight excluding hydrogens is 321 g/mol. The molecule has 0 amide bonds. The van der Waals surface area contributed by atoms with Crippen molar-refractivity contribution in [2.75, 3.05) is 0 Å². The molecule has 0 saturated carbocycles. The predicted molar refractivity (Wildman–Crippen MR) is 80.0 cm³/mol. The van der Waals surface area contributed by atoms with Crippen LogP contribution in [0.5, 0.6) is 0 Å². The highest BCUT2D eigenvalue weighted by molar-refractivity contribution is 5.25. The zero-order valence-electron chi connectivity index (χ0n) is 12.8. The number of benzene rings is 1. The second kappa shape index (κ2) is 6.12. The molecule has 1 aromatic carbocycles. The van der Waals surface area contributed by atoms with E-state index in [1.165, 1.54) is 30.2 Å². The fraction of sp³-hybridized carbons (Fsp3) is 0.250. The number of aryl methyl sites for hydroxylation is 1. The predicted octanol–water partition coefficient (Wildman–Crippen LogP) is 2.77. The summed E-state index contributed by atoms with van der Waals surface area (Å²) in [5.74, 6) is 0.276. The lowest BCUT2D eigenvalue weighted by Crippen LogP contribution is -2.17. The fourth-order valence-corrected chi connectivity index (χ4v) is 2.63. The Hall–Kier alpha value is -2.61. The number of imidazole rings is 1. The molecule has 0 aliphatic rings. The first kappa shape index (κ1) is 16.3. The normalized spacial score (nSPS) is 13.2. The highest BCUT2D eigenvalue weighted by atomic mass is 19.4. The summed E-state index contributed by atoms with van der Waals surface area (Å²) in [6.45, 7) is -0.0814. The molecule has 3 rings (SSSR count). The third-order valence-electron chi connectivity index (χ3n) is 3.73. The van der Waals surface area contributed by atoms with E-state index in [0.717, 1.165) is 4.68 Å². The Labute approximate surface area is 136 Å². The van der Waals surface area contributed by atoms with Crippen LogP contribution in [0.1, 0.15) is 28.7 Å². The molecule has 0 aliphatic heterocycles. The van der Waals surface area contributed by atoms with Gasteiger partial charge in [-0.2, -0.15) is 18.3 Å². The first-order chi connectivity index (χ1) is 11.4. The third-order valence-corrected chi connectivity index (χ3v) is 3.73. The highest BCUT2D eigenvalue weighted by Crippen LogP contribution is 2.32. The Balaban J connectivity index is 1.93. The summed E-state index contributed by atoms with van der Waals surface area (Å²) in [6, 6.07) is 8.82. The minimum Gasteiger partial charge on any atom is -0.380 e. The Morgan fingerprint density at radius 3 is 2.58 bits per heavy atom. The molecule has 0 bridgehead atoms. The molecule has 126 valence electrons. The first-order valence-electron chi connectivity index (χ1n) is 7.20. The third kappa shape index (κ3) is 3.05. The smallest absolute Gasteiger partial charge is 0.380 e. The Morgan fingerprint density at radius 2 is 1.92 bits per heavy atom. The maximum absolute atomic E-state index is 13.2. The van der Waals surface area contributed by atoms with Gasteiger partial charge in [-0.15, -0.1) is 0 Å². The van der Waals surface area contributed by atoms with Gasteiger partial charge in [-0.3, -0.25) is 4.68 Å². The van der Waals surface area contributed by atoms with E-state index < -0.39 is 18.0 Å². The minimum atomic E-state index is -4.50. The lowest BCUT2D eigenvalue weighted by atomic mass is 10.1. The molecule has 0 unspecified atom stereocenters. The topological polar surface area (TPSA) is 55.9 Å². The number of aromatic nitrogens is 4. The molecule has 0 spiro atoms. The zero-order chi connectivity index (χ0) is 17.3. The van der Waals surface area contributed by atoms with Crippen LogP contribution in [0.25, 0.3) is 0 Å². The first-order valence-corrected chi connectivity index (χ1v) is 7.20. The van der Waals surface area contributed by atoms with Gasteiger partial charge < -0.3 is 9.67 Å². The zero-order valence-corrected chi connectivity index (χ0v) is 12.8. The van der Waals surface area contributed by atoms with Crippen molar-refractivity contribution in [3.05, 3.63) is 71.6 Å². The number of alkyl halides is 3. The van der Waals surface area contributed by atoms with Gasteiger partial charge in [0.2, 0.25) is 0 Å². The average Bonchev–Trinajstić information content (AvgIpc) is 3.14. The number of halogens is 3. The molecule has 5 nitrogen and oxygen atoms in total. The highest BCUT2D eigenvalue weighted by Gasteiger charge is 2.37. The van der Waals surface area contributed by atoms with Crippen molar-refractivity contribution in [3.63, 3.8) is 0 Å². The van der Waals surface area contributed by atoms with E-state index in [1.54, 1.807) is 24.3 Å². The molecular formula is C16H15F3N4O. The fourth-order valence-electron chi connectivity index (χ4n) is 2.63. The maximum Gasteiger partial charge on any atom is 0.433 e. The molecule has 1 N–H and O–H groups in total. The lowest BCUT2D eigenvalue weighted by molar-refractivity contribution is -0.144. The van der Waals surface area contributed by atoms with E-state index in [2.05, 4.69) is 10.1 Å². The van der Waals surface area contributed by atoms with E-state index in [9.17, 15) is 18.3 Å². The average molecular weight is 336 g/mol. The number of aliphatic hydroxyl groups is 1. The summed E-state index contributed by atoms with van der Waals surface area (Å²) >= 11 is 0. The van der Waals surface area contributed by atoms with E-state index in [0.29, 0.717) is 5.56 Å². The van der Waals surface area contributed by atoms with Gasteiger partial charge in [-0.05, 0) is 5.56 Å². The van der Waals surface area contributed by atoms with Crippen molar-refractivity contribution in [3.8, 4) is 0 Å². The number of aliphatic hydroxyl groups excluding tert-OH is 1. The SMILES string of the molecule is Cn1ncc(Cn2ccnc2[C@H](O)c2ccccc2)c1C(F)(F)F. The maximum atomic E-state index is 13.2. The van der Waals surface area contributed by atoms with Gasteiger partial charge in [-0.25, -0.2) is 4.98 Å². The van der Waals surface area contributed by atoms with Crippen molar-refractivity contribution in [1.82, 2.24) is 19.3 Å². The van der Waals surface area contributed by atoms with E-state index in [-0.39, 0.29) is 17.9 Å². The van der Waals surface area contributed by atoms with Crippen molar-refractivity contribution < 1.29 is 18.3 Å². The van der Waals surface area contributed by atoms with Gasteiger partial charge in [0, 0.05) is 25.0 Å². The summed E-state index contributed by atoms with van der Waals surface area (Å²) in [5, 5.41) is 14.1. The Morgan fingerprint density at radius 1 is 1.21 bits per heavy atom. The van der Waals surface area contributed by atoms with Crippen LogP contribution in [0.2, 0.25) is 0 Å². The van der Waals surface area contributed by atoms with Crippen LogP contribution >= 0.6 is 0 Å². The van der Waals surface area contributed by atoms with E-state index in [1.807, 2.05) is 6.07 Å².